The highest BCUT2D eigenvalue weighted by atomic mass is 16.2. The number of hydrogen-bond acceptors (Lipinski definition) is 2. The molecule has 0 aromatic heterocycles. The molecular weight excluding hydrogens is 204 g/mol. The molecule has 0 radical (unpaired) electrons. The van der Waals surface area contributed by atoms with Crippen molar-refractivity contribution in [1.82, 2.24) is 4.90 Å². The molecule has 1 aliphatic rings. The van der Waals surface area contributed by atoms with Gasteiger partial charge in [-0.2, -0.15) is 0 Å². The van der Waals surface area contributed by atoms with Crippen LogP contribution >= 0.6 is 0 Å². The van der Waals surface area contributed by atoms with Crippen molar-refractivity contribution in [2.75, 3.05) is 11.4 Å². The first-order chi connectivity index (χ1) is 7.61. The molecule has 3 amide bonds. The molecule has 0 bridgehead atoms. The smallest absolute Gasteiger partial charge is 0.312 e. The Morgan fingerprint density at radius 1 is 1.12 bits per heavy atom. The van der Waals surface area contributed by atoms with Gasteiger partial charge in [0.2, 0.25) is 0 Å². The zero-order valence-corrected chi connectivity index (χ0v) is 9.38. The number of urea groups is 1. The number of carbonyl (C=O) groups is 2. The fourth-order valence-electron chi connectivity index (χ4n) is 1.75. The number of benzene rings is 1. The maximum absolute atomic E-state index is 12.0. The summed E-state index contributed by atoms with van der Waals surface area (Å²) in [6, 6.07) is 8.83. The van der Waals surface area contributed by atoms with Crippen molar-refractivity contribution < 1.29 is 9.59 Å². The molecule has 0 N–H and O–H groups in total. The molecule has 0 unspecified atom stereocenters. The fraction of sp³-hybridized carbons (Fsp3) is 0.333. The lowest BCUT2D eigenvalue weighted by Crippen LogP contribution is -2.36. The molecule has 1 aromatic rings. The Bertz CT molecular complexity index is 414. The second-order valence-corrected chi connectivity index (χ2v) is 4.07. The van der Waals surface area contributed by atoms with Crippen LogP contribution in [0, 0.1) is 0 Å². The van der Waals surface area contributed by atoms with E-state index in [0.29, 0.717) is 5.69 Å². The third kappa shape index (κ3) is 1.66. The predicted molar refractivity (Wildman–Crippen MR) is 61.2 cm³/mol. The van der Waals surface area contributed by atoms with Crippen LogP contribution in [0.5, 0.6) is 0 Å². The van der Waals surface area contributed by atoms with Crippen LogP contribution in [-0.4, -0.2) is 29.4 Å². The first kappa shape index (κ1) is 10.7. The third-order valence-corrected chi connectivity index (χ3v) is 2.63. The predicted octanol–water partition coefficient (Wildman–Crippen LogP) is 1.86. The van der Waals surface area contributed by atoms with Crippen LogP contribution in [0.1, 0.15) is 13.8 Å². The van der Waals surface area contributed by atoms with Gasteiger partial charge in [0.25, 0.3) is 5.91 Å². The summed E-state index contributed by atoms with van der Waals surface area (Å²) in [5.41, 5.74) is 0.639. The van der Waals surface area contributed by atoms with Crippen LogP contribution in [0.2, 0.25) is 0 Å². The molecule has 0 saturated carbocycles. The quantitative estimate of drug-likeness (QED) is 0.711. The average Bonchev–Trinajstić information content (AvgIpc) is 2.56. The van der Waals surface area contributed by atoms with E-state index >= 15 is 0 Å². The summed E-state index contributed by atoms with van der Waals surface area (Å²) in [6.07, 6.45) is 0. The Morgan fingerprint density at radius 2 is 1.75 bits per heavy atom. The molecule has 1 saturated heterocycles. The Kier molecular flexibility index (Phi) is 2.64. The van der Waals surface area contributed by atoms with Crippen molar-refractivity contribution in [2.45, 2.75) is 19.9 Å². The Balaban J connectivity index is 2.30. The van der Waals surface area contributed by atoms with Gasteiger partial charge in [0.05, 0.1) is 5.69 Å². The summed E-state index contributed by atoms with van der Waals surface area (Å²) < 4.78 is 0. The van der Waals surface area contributed by atoms with E-state index < -0.39 is 0 Å². The number of carbonyl (C=O) groups excluding carboxylic acids is 2. The summed E-state index contributed by atoms with van der Waals surface area (Å²) in [4.78, 5) is 26.6. The summed E-state index contributed by atoms with van der Waals surface area (Å²) in [7, 11) is 0. The van der Waals surface area contributed by atoms with E-state index in [1.165, 1.54) is 4.90 Å². The van der Waals surface area contributed by atoms with Crippen molar-refractivity contribution in [2.24, 2.45) is 0 Å². The minimum atomic E-state index is -0.230. The second kappa shape index (κ2) is 3.96. The molecule has 16 heavy (non-hydrogen) atoms. The number of rotatable bonds is 2. The number of imide groups is 1. The lowest BCUT2D eigenvalue weighted by atomic mass is 10.3. The Hall–Kier alpha value is -1.84. The first-order valence-electron chi connectivity index (χ1n) is 5.30. The van der Waals surface area contributed by atoms with E-state index in [2.05, 4.69) is 0 Å². The number of para-hydroxylation sites is 1. The SMILES string of the molecule is CC(C)N1CC(=O)N(c2ccccc2)C1=O. The highest BCUT2D eigenvalue weighted by molar-refractivity contribution is 6.19. The summed E-state index contributed by atoms with van der Waals surface area (Å²) in [5.74, 6) is -0.162. The van der Waals surface area contributed by atoms with Crippen molar-refractivity contribution >= 4 is 17.6 Å². The molecule has 0 atom stereocenters. The number of amides is 3. The number of hydrogen-bond donors (Lipinski definition) is 0. The van der Waals surface area contributed by atoms with Crippen LogP contribution in [-0.2, 0) is 4.79 Å². The van der Waals surface area contributed by atoms with Gasteiger partial charge < -0.3 is 4.90 Å². The molecule has 0 aliphatic carbocycles. The summed E-state index contributed by atoms with van der Waals surface area (Å²) in [6.45, 7) is 3.98. The van der Waals surface area contributed by atoms with Gasteiger partial charge >= 0.3 is 6.03 Å². The van der Waals surface area contributed by atoms with Crippen molar-refractivity contribution in [3.05, 3.63) is 30.3 Å². The van der Waals surface area contributed by atoms with Crippen molar-refractivity contribution in [3.8, 4) is 0 Å². The minimum absolute atomic E-state index is 0.0464. The van der Waals surface area contributed by atoms with Gasteiger partial charge in [0.15, 0.2) is 0 Å². The average molecular weight is 218 g/mol. The van der Waals surface area contributed by atoms with Gasteiger partial charge in [-0.15, -0.1) is 0 Å². The van der Waals surface area contributed by atoms with Gasteiger partial charge in [-0.3, -0.25) is 4.79 Å². The molecular formula is C12H14N2O2. The minimum Gasteiger partial charge on any atom is -0.312 e. The Morgan fingerprint density at radius 3 is 2.25 bits per heavy atom. The standard InChI is InChI=1S/C12H14N2O2/c1-9(2)13-8-11(15)14(12(13)16)10-6-4-3-5-7-10/h3-7,9H,8H2,1-2H3. The molecule has 1 aromatic carbocycles. The van der Waals surface area contributed by atoms with E-state index in [-0.39, 0.29) is 24.5 Å². The van der Waals surface area contributed by atoms with E-state index in [0.717, 1.165) is 0 Å². The van der Waals surface area contributed by atoms with E-state index in [4.69, 9.17) is 0 Å². The molecule has 84 valence electrons. The van der Waals surface area contributed by atoms with Gasteiger partial charge in [0.1, 0.15) is 6.54 Å². The molecule has 4 nitrogen and oxygen atoms in total. The molecule has 1 heterocycles. The fourth-order valence-corrected chi connectivity index (χ4v) is 1.75. The molecule has 1 fully saturated rings. The highest BCUT2D eigenvalue weighted by Gasteiger charge is 2.38. The molecule has 4 heteroatoms. The van der Waals surface area contributed by atoms with Crippen LogP contribution in [0.3, 0.4) is 0 Å². The normalized spacial score (nSPS) is 16.4. The van der Waals surface area contributed by atoms with Crippen molar-refractivity contribution in [3.63, 3.8) is 0 Å². The van der Waals surface area contributed by atoms with E-state index in [9.17, 15) is 9.59 Å². The summed E-state index contributed by atoms with van der Waals surface area (Å²) in [5, 5.41) is 0. The molecule has 0 spiro atoms. The number of nitrogens with zero attached hydrogens (tertiary/aromatic N) is 2. The molecule has 2 rings (SSSR count). The number of anilines is 1. The largest absolute Gasteiger partial charge is 0.332 e. The van der Waals surface area contributed by atoms with E-state index in [1.807, 2.05) is 32.0 Å². The van der Waals surface area contributed by atoms with Crippen molar-refractivity contribution in [1.29, 1.82) is 0 Å². The third-order valence-electron chi connectivity index (χ3n) is 2.63. The van der Waals surface area contributed by atoms with Gasteiger partial charge in [-0.1, -0.05) is 18.2 Å². The van der Waals surface area contributed by atoms with Gasteiger partial charge in [-0.25, -0.2) is 9.69 Å². The lowest BCUT2D eigenvalue weighted by molar-refractivity contribution is -0.116. The lowest BCUT2D eigenvalue weighted by Gasteiger charge is -2.20. The topological polar surface area (TPSA) is 40.6 Å². The second-order valence-electron chi connectivity index (χ2n) is 4.07. The highest BCUT2D eigenvalue weighted by Crippen LogP contribution is 2.21. The zero-order valence-electron chi connectivity index (χ0n) is 9.38. The van der Waals surface area contributed by atoms with Gasteiger partial charge in [-0.05, 0) is 26.0 Å². The van der Waals surface area contributed by atoms with Crippen LogP contribution in [0.25, 0.3) is 0 Å². The van der Waals surface area contributed by atoms with Crippen LogP contribution in [0.15, 0.2) is 30.3 Å². The van der Waals surface area contributed by atoms with E-state index in [1.54, 1.807) is 17.0 Å². The van der Waals surface area contributed by atoms with Crippen LogP contribution in [0.4, 0.5) is 10.5 Å². The maximum Gasteiger partial charge on any atom is 0.332 e. The van der Waals surface area contributed by atoms with Crippen LogP contribution < -0.4 is 4.90 Å². The van der Waals surface area contributed by atoms with Gasteiger partial charge in [0, 0.05) is 6.04 Å². The first-order valence-corrected chi connectivity index (χ1v) is 5.30. The maximum atomic E-state index is 12.0. The zero-order chi connectivity index (χ0) is 11.7. The monoisotopic (exact) mass is 218 g/mol. The summed E-state index contributed by atoms with van der Waals surface area (Å²) >= 11 is 0. The Labute approximate surface area is 94.5 Å². The molecule has 1 aliphatic heterocycles.